The van der Waals surface area contributed by atoms with E-state index in [0.29, 0.717) is 29.6 Å². The number of nitrogens with one attached hydrogen (secondary N) is 1. The number of imide groups is 1. The lowest BCUT2D eigenvalue weighted by Crippen LogP contribution is -2.44. The van der Waals surface area contributed by atoms with E-state index in [0.717, 1.165) is 0 Å². The Morgan fingerprint density at radius 3 is 2.88 bits per heavy atom. The van der Waals surface area contributed by atoms with Crippen molar-refractivity contribution >= 4 is 22.8 Å². The Morgan fingerprint density at radius 2 is 2.16 bits per heavy atom. The highest BCUT2D eigenvalue weighted by Gasteiger charge is 2.31. The van der Waals surface area contributed by atoms with Crippen LogP contribution in [0.5, 0.6) is 0 Å². The first-order chi connectivity index (χ1) is 12.0. The van der Waals surface area contributed by atoms with Crippen LogP contribution in [0.2, 0.25) is 0 Å². The molecule has 1 aliphatic heterocycles. The zero-order chi connectivity index (χ0) is 18.0. The van der Waals surface area contributed by atoms with E-state index >= 15 is 0 Å². The minimum absolute atomic E-state index is 0.209. The first-order valence-electron chi connectivity index (χ1n) is 7.94. The first-order valence-corrected chi connectivity index (χ1v) is 7.94. The number of benzene rings is 1. The van der Waals surface area contributed by atoms with Crippen LogP contribution >= 0.6 is 0 Å². The summed E-state index contributed by atoms with van der Waals surface area (Å²) >= 11 is 0. The van der Waals surface area contributed by atoms with Crippen molar-refractivity contribution in [3.63, 3.8) is 0 Å². The van der Waals surface area contributed by atoms with Crippen molar-refractivity contribution < 1.29 is 14.3 Å². The van der Waals surface area contributed by atoms with Crippen LogP contribution < -0.4 is 11.0 Å². The fourth-order valence-electron chi connectivity index (χ4n) is 3.02. The number of hydrogen-bond donors (Lipinski definition) is 1. The van der Waals surface area contributed by atoms with Crippen LogP contribution in [0, 0.1) is 18.8 Å². The molecule has 0 spiro atoms. The Kier molecular flexibility index (Phi) is 4.72. The van der Waals surface area contributed by atoms with E-state index in [1.165, 1.54) is 9.13 Å². The third-order valence-electron chi connectivity index (χ3n) is 4.17. The molecule has 0 aliphatic carbocycles. The normalized spacial score (nSPS) is 17.3. The molecule has 1 saturated heterocycles. The maximum atomic E-state index is 12.7. The summed E-state index contributed by atoms with van der Waals surface area (Å²) < 4.78 is 8.02. The molecule has 2 aromatic rings. The molecular weight excluding hydrogens is 322 g/mol. The van der Waals surface area contributed by atoms with Crippen LogP contribution in [0.3, 0.4) is 0 Å². The van der Waals surface area contributed by atoms with Gasteiger partial charge < -0.3 is 4.74 Å². The number of amides is 2. The SMILES string of the molecule is [CH2]COCC#Cc1cccc2c1n(C)c(=O)n2C1CCC(=O)NC1=O. The van der Waals surface area contributed by atoms with E-state index in [1.807, 2.05) is 6.07 Å². The van der Waals surface area contributed by atoms with Gasteiger partial charge in [0.25, 0.3) is 0 Å². The summed E-state index contributed by atoms with van der Waals surface area (Å²) in [7, 11) is 1.64. The molecule has 2 heterocycles. The molecule has 1 aromatic heterocycles. The molecule has 1 aromatic carbocycles. The van der Waals surface area contributed by atoms with Crippen LogP contribution in [0.4, 0.5) is 0 Å². The van der Waals surface area contributed by atoms with Gasteiger partial charge in [0, 0.05) is 20.1 Å². The smallest absolute Gasteiger partial charge is 0.329 e. The lowest BCUT2D eigenvalue weighted by Gasteiger charge is -2.21. The van der Waals surface area contributed by atoms with Crippen molar-refractivity contribution in [3.8, 4) is 11.8 Å². The van der Waals surface area contributed by atoms with Gasteiger partial charge in [-0.3, -0.25) is 24.0 Å². The van der Waals surface area contributed by atoms with Crippen LogP contribution in [0.15, 0.2) is 23.0 Å². The minimum atomic E-state index is -0.702. The third kappa shape index (κ3) is 3.08. The van der Waals surface area contributed by atoms with Crippen LogP contribution in [0.25, 0.3) is 11.0 Å². The molecule has 0 bridgehead atoms. The Labute approximate surface area is 144 Å². The molecule has 1 fully saturated rings. The summed E-state index contributed by atoms with van der Waals surface area (Å²) in [4.78, 5) is 36.3. The molecule has 3 rings (SSSR count). The fraction of sp³-hybridized carbons (Fsp3) is 0.333. The molecule has 2 amide bonds. The highest BCUT2D eigenvalue weighted by Crippen LogP contribution is 2.24. The Hall–Kier alpha value is -2.85. The molecule has 7 nitrogen and oxygen atoms in total. The van der Waals surface area contributed by atoms with E-state index in [9.17, 15) is 14.4 Å². The average Bonchev–Trinajstić information content (AvgIpc) is 2.84. The molecule has 1 unspecified atom stereocenters. The van der Waals surface area contributed by atoms with Gasteiger partial charge in [0.15, 0.2) is 0 Å². The van der Waals surface area contributed by atoms with Crippen molar-refractivity contribution in [2.45, 2.75) is 18.9 Å². The van der Waals surface area contributed by atoms with E-state index in [-0.39, 0.29) is 24.6 Å². The third-order valence-corrected chi connectivity index (χ3v) is 4.17. The van der Waals surface area contributed by atoms with Gasteiger partial charge >= 0.3 is 5.69 Å². The quantitative estimate of drug-likeness (QED) is 0.502. The zero-order valence-electron chi connectivity index (χ0n) is 13.9. The number of rotatable bonds is 3. The number of ether oxygens (including phenoxy) is 1. The number of para-hydroxylation sites is 1. The number of hydrogen-bond acceptors (Lipinski definition) is 4. The fourth-order valence-corrected chi connectivity index (χ4v) is 3.02. The maximum Gasteiger partial charge on any atom is 0.329 e. The largest absolute Gasteiger partial charge is 0.369 e. The number of carbonyl (C=O) groups is 2. The summed E-state index contributed by atoms with van der Waals surface area (Å²) in [5.74, 6) is 5.11. The molecule has 1 radical (unpaired) electrons. The standard InChI is InChI=1S/C18H18N3O4/c1-3-25-11-5-7-12-6-4-8-13-16(12)20(2)18(24)21(13)14-9-10-15(22)19-17(14)23/h4,6,8,14H,1,3,9-11H2,2H3,(H,19,22,23). The zero-order valence-corrected chi connectivity index (χ0v) is 13.9. The van der Waals surface area contributed by atoms with Crippen molar-refractivity contribution in [1.82, 2.24) is 14.5 Å². The van der Waals surface area contributed by atoms with Crippen molar-refractivity contribution in [1.29, 1.82) is 0 Å². The number of aryl methyl sites for hydroxylation is 1. The lowest BCUT2D eigenvalue weighted by atomic mass is 10.1. The number of fused-ring (bicyclic) bond motifs is 1. The first kappa shape index (κ1) is 17.0. The lowest BCUT2D eigenvalue weighted by molar-refractivity contribution is -0.135. The number of carbonyl (C=O) groups excluding carboxylic acids is 2. The van der Waals surface area contributed by atoms with E-state index in [2.05, 4.69) is 24.1 Å². The van der Waals surface area contributed by atoms with Crippen LogP contribution in [-0.4, -0.2) is 34.2 Å². The second kappa shape index (κ2) is 6.95. The number of piperidine rings is 1. The van der Waals surface area contributed by atoms with Gasteiger partial charge in [0.2, 0.25) is 11.8 Å². The molecule has 1 aliphatic rings. The van der Waals surface area contributed by atoms with Crippen molar-refractivity contribution in [3.05, 3.63) is 41.2 Å². The summed E-state index contributed by atoms with van der Waals surface area (Å²) in [6.07, 6.45) is 0.512. The average molecular weight is 340 g/mol. The van der Waals surface area contributed by atoms with Gasteiger partial charge in [-0.2, -0.15) is 0 Å². The van der Waals surface area contributed by atoms with Gasteiger partial charge in [0.1, 0.15) is 12.6 Å². The summed E-state index contributed by atoms with van der Waals surface area (Å²) in [6, 6.07) is 4.68. The number of nitrogens with zero attached hydrogens (tertiary/aromatic N) is 2. The van der Waals surface area contributed by atoms with E-state index in [4.69, 9.17) is 4.74 Å². The molecule has 129 valence electrons. The predicted octanol–water partition coefficient (Wildman–Crippen LogP) is 0.520. The van der Waals surface area contributed by atoms with Gasteiger partial charge in [0.05, 0.1) is 16.6 Å². The molecule has 1 atom stereocenters. The maximum absolute atomic E-state index is 12.7. The highest BCUT2D eigenvalue weighted by molar-refractivity contribution is 6.00. The predicted molar refractivity (Wildman–Crippen MR) is 91.7 cm³/mol. The van der Waals surface area contributed by atoms with Crippen molar-refractivity contribution in [2.75, 3.05) is 13.2 Å². The summed E-state index contributed by atoms with van der Waals surface area (Å²) in [5, 5.41) is 2.29. The summed E-state index contributed by atoms with van der Waals surface area (Å²) in [6.45, 7) is 4.16. The van der Waals surface area contributed by atoms with Crippen molar-refractivity contribution in [2.24, 2.45) is 7.05 Å². The van der Waals surface area contributed by atoms with Crippen LogP contribution in [0.1, 0.15) is 24.4 Å². The van der Waals surface area contributed by atoms with E-state index < -0.39 is 11.9 Å². The topological polar surface area (TPSA) is 82.3 Å². The number of imidazole rings is 1. The molecule has 1 N–H and O–H groups in total. The van der Waals surface area contributed by atoms with Gasteiger partial charge in [-0.15, -0.1) is 0 Å². The molecule has 7 heteroatoms. The molecule has 0 saturated carbocycles. The van der Waals surface area contributed by atoms with E-state index in [1.54, 1.807) is 19.2 Å². The van der Waals surface area contributed by atoms with Gasteiger partial charge in [-0.1, -0.05) is 17.9 Å². The molecular formula is C18H18N3O4. The Balaban J connectivity index is 2.11. The van der Waals surface area contributed by atoms with Gasteiger partial charge in [-0.25, -0.2) is 4.79 Å². The number of aromatic nitrogens is 2. The Morgan fingerprint density at radius 1 is 1.36 bits per heavy atom. The monoisotopic (exact) mass is 340 g/mol. The Bertz CT molecular complexity index is 958. The summed E-state index contributed by atoms with van der Waals surface area (Å²) in [5.41, 5.74) is 1.63. The van der Waals surface area contributed by atoms with Crippen LogP contribution in [-0.2, 0) is 21.4 Å². The molecule has 25 heavy (non-hydrogen) atoms. The van der Waals surface area contributed by atoms with Gasteiger partial charge in [-0.05, 0) is 25.5 Å². The second-order valence-corrected chi connectivity index (χ2v) is 5.71. The minimum Gasteiger partial charge on any atom is -0.369 e. The second-order valence-electron chi connectivity index (χ2n) is 5.71. The highest BCUT2D eigenvalue weighted by atomic mass is 16.5.